The summed E-state index contributed by atoms with van der Waals surface area (Å²) in [5.41, 5.74) is 1.36. The fraction of sp³-hybridized carbons (Fsp3) is 0.364. The zero-order valence-electron chi connectivity index (χ0n) is 7.85. The molecule has 0 aliphatic carbocycles. The van der Waals surface area contributed by atoms with E-state index in [4.69, 9.17) is 0 Å². The Morgan fingerprint density at radius 3 is 2.69 bits per heavy atom. The van der Waals surface area contributed by atoms with Gasteiger partial charge in [0.25, 0.3) is 0 Å². The van der Waals surface area contributed by atoms with Gasteiger partial charge in [0.15, 0.2) is 0 Å². The van der Waals surface area contributed by atoms with Crippen LogP contribution in [0.1, 0.15) is 18.5 Å². The monoisotopic (exact) mass is 174 g/mol. The average Bonchev–Trinajstić information content (AvgIpc) is 2.71. The van der Waals surface area contributed by atoms with Gasteiger partial charge in [-0.3, -0.25) is 4.99 Å². The third-order valence-corrected chi connectivity index (χ3v) is 2.50. The molecule has 1 aromatic rings. The largest absolute Gasteiger partial charge is 0.354 e. The smallest absolute Gasteiger partial charge is 0.0856 e. The van der Waals surface area contributed by atoms with Crippen molar-refractivity contribution in [3.8, 4) is 0 Å². The van der Waals surface area contributed by atoms with Crippen molar-refractivity contribution < 1.29 is 0 Å². The van der Waals surface area contributed by atoms with E-state index in [1.54, 1.807) is 0 Å². The molecule has 1 aliphatic heterocycles. The Balaban J connectivity index is 2.13. The summed E-state index contributed by atoms with van der Waals surface area (Å²) in [7, 11) is 0. The first-order chi connectivity index (χ1) is 6.38. The lowest BCUT2D eigenvalue weighted by Gasteiger charge is -2.23. The van der Waals surface area contributed by atoms with Crippen LogP contribution in [0.5, 0.6) is 0 Å². The molecule has 0 bridgehead atoms. The molecule has 1 heterocycles. The highest BCUT2D eigenvalue weighted by Crippen LogP contribution is 2.19. The minimum atomic E-state index is 0.451. The van der Waals surface area contributed by atoms with E-state index in [0.717, 1.165) is 13.1 Å². The zero-order chi connectivity index (χ0) is 9.10. The van der Waals surface area contributed by atoms with Gasteiger partial charge in [-0.1, -0.05) is 30.3 Å². The summed E-state index contributed by atoms with van der Waals surface area (Å²) in [5, 5.41) is 0. The number of hydrogen-bond acceptors (Lipinski definition) is 2. The second kappa shape index (κ2) is 3.60. The Kier molecular flexibility index (Phi) is 2.30. The van der Waals surface area contributed by atoms with Crippen molar-refractivity contribution in [3.05, 3.63) is 35.9 Å². The van der Waals surface area contributed by atoms with Crippen LogP contribution >= 0.6 is 0 Å². The van der Waals surface area contributed by atoms with E-state index in [9.17, 15) is 0 Å². The van der Waals surface area contributed by atoms with E-state index in [0.29, 0.717) is 6.04 Å². The highest BCUT2D eigenvalue weighted by molar-refractivity contribution is 5.58. The van der Waals surface area contributed by atoms with E-state index in [-0.39, 0.29) is 0 Å². The molecule has 0 saturated carbocycles. The van der Waals surface area contributed by atoms with Gasteiger partial charge in [0, 0.05) is 6.54 Å². The van der Waals surface area contributed by atoms with Gasteiger partial charge in [-0.05, 0) is 12.5 Å². The average molecular weight is 174 g/mol. The van der Waals surface area contributed by atoms with Gasteiger partial charge in [-0.2, -0.15) is 0 Å². The van der Waals surface area contributed by atoms with Crippen molar-refractivity contribution in [1.82, 2.24) is 4.90 Å². The van der Waals surface area contributed by atoms with Gasteiger partial charge in [-0.25, -0.2) is 0 Å². The maximum absolute atomic E-state index is 4.21. The van der Waals surface area contributed by atoms with Crippen LogP contribution in [0.4, 0.5) is 0 Å². The molecule has 0 fully saturated rings. The first-order valence-electron chi connectivity index (χ1n) is 4.68. The molecule has 13 heavy (non-hydrogen) atoms. The number of rotatable bonds is 2. The second-order valence-corrected chi connectivity index (χ2v) is 3.35. The Hall–Kier alpha value is -1.31. The van der Waals surface area contributed by atoms with E-state index >= 15 is 0 Å². The van der Waals surface area contributed by atoms with Crippen molar-refractivity contribution in [1.29, 1.82) is 0 Å². The Bertz CT molecular complexity index is 292. The van der Waals surface area contributed by atoms with Crippen LogP contribution in [-0.2, 0) is 0 Å². The predicted octanol–water partition coefficient (Wildman–Crippen LogP) is 2.09. The number of nitrogens with zero attached hydrogens (tertiary/aromatic N) is 2. The van der Waals surface area contributed by atoms with Crippen LogP contribution in [0.3, 0.4) is 0 Å². The van der Waals surface area contributed by atoms with Crippen LogP contribution in [0.25, 0.3) is 0 Å². The third kappa shape index (κ3) is 1.72. The maximum atomic E-state index is 4.21. The standard InChI is InChI=1S/C11H14N2/c1-10(13-8-7-12-9-13)11-5-3-2-4-6-11/h2-6,9-10H,7-8H2,1H3. The third-order valence-electron chi connectivity index (χ3n) is 2.50. The Morgan fingerprint density at radius 2 is 2.08 bits per heavy atom. The minimum Gasteiger partial charge on any atom is -0.354 e. The summed E-state index contributed by atoms with van der Waals surface area (Å²) >= 11 is 0. The van der Waals surface area contributed by atoms with Crippen LogP contribution < -0.4 is 0 Å². The highest BCUT2D eigenvalue weighted by atomic mass is 15.2. The molecule has 0 amide bonds. The van der Waals surface area contributed by atoms with Crippen molar-refractivity contribution in [3.63, 3.8) is 0 Å². The molecule has 1 aliphatic rings. The summed E-state index contributed by atoms with van der Waals surface area (Å²) in [6, 6.07) is 11.0. The molecule has 68 valence electrons. The van der Waals surface area contributed by atoms with Gasteiger partial charge < -0.3 is 4.90 Å². The van der Waals surface area contributed by atoms with Crippen LogP contribution in [-0.4, -0.2) is 24.3 Å². The summed E-state index contributed by atoms with van der Waals surface area (Å²) in [6.45, 7) is 4.21. The highest BCUT2D eigenvalue weighted by Gasteiger charge is 2.14. The summed E-state index contributed by atoms with van der Waals surface area (Å²) in [6.07, 6.45) is 1.96. The normalized spacial score (nSPS) is 17.8. The lowest BCUT2D eigenvalue weighted by Crippen LogP contribution is -2.23. The van der Waals surface area contributed by atoms with Crippen molar-refractivity contribution in [2.24, 2.45) is 4.99 Å². The van der Waals surface area contributed by atoms with Crippen LogP contribution in [0, 0.1) is 0 Å². The van der Waals surface area contributed by atoms with E-state index in [1.807, 2.05) is 12.4 Å². The lowest BCUT2D eigenvalue weighted by molar-refractivity contribution is 0.375. The van der Waals surface area contributed by atoms with E-state index in [2.05, 4.69) is 41.1 Å². The van der Waals surface area contributed by atoms with Gasteiger partial charge >= 0.3 is 0 Å². The van der Waals surface area contributed by atoms with Gasteiger partial charge in [-0.15, -0.1) is 0 Å². The molecule has 0 radical (unpaired) electrons. The topological polar surface area (TPSA) is 15.6 Å². The molecule has 1 aromatic carbocycles. The van der Waals surface area contributed by atoms with Crippen molar-refractivity contribution in [2.75, 3.05) is 13.1 Å². The van der Waals surface area contributed by atoms with Crippen LogP contribution in [0.15, 0.2) is 35.3 Å². The molecule has 0 N–H and O–H groups in total. The van der Waals surface area contributed by atoms with Gasteiger partial charge in [0.05, 0.1) is 18.9 Å². The van der Waals surface area contributed by atoms with E-state index < -0.39 is 0 Å². The number of benzene rings is 1. The maximum Gasteiger partial charge on any atom is 0.0856 e. The molecule has 1 atom stereocenters. The predicted molar refractivity (Wildman–Crippen MR) is 54.9 cm³/mol. The summed E-state index contributed by atoms with van der Waals surface area (Å²) in [4.78, 5) is 6.49. The summed E-state index contributed by atoms with van der Waals surface area (Å²) < 4.78 is 0. The fourth-order valence-corrected chi connectivity index (χ4v) is 1.61. The van der Waals surface area contributed by atoms with Crippen molar-refractivity contribution in [2.45, 2.75) is 13.0 Å². The molecule has 0 aromatic heterocycles. The van der Waals surface area contributed by atoms with Crippen LogP contribution in [0.2, 0.25) is 0 Å². The molecular weight excluding hydrogens is 160 g/mol. The number of hydrogen-bond donors (Lipinski definition) is 0. The number of aliphatic imine (C=N–C) groups is 1. The second-order valence-electron chi connectivity index (χ2n) is 3.35. The first kappa shape index (κ1) is 8.30. The molecule has 2 rings (SSSR count). The molecule has 0 spiro atoms. The van der Waals surface area contributed by atoms with Crippen molar-refractivity contribution >= 4 is 6.34 Å². The molecule has 0 saturated heterocycles. The quantitative estimate of drug-likeness (QED) is 0.670. The Morgan fingerprint density at radius 1 is 1.31 bits per heavy atom. The van der Waals surface area contributed by atoms with E-state index in [1.165, 1.54) is 5.56 Å². The summed E-state index contributed by atoms with van der Waals surface area (Å²) in [5.74, 6) is 0. The van der Waals surface area contributed by atoms with Gasteiger partial charge in [0.2, 0.25) is 0 Å². The molecular formula is C11H14N2. The minimum absolute atomic E-state index is 0.451. The SMILES string of the molecule is CC(c1ccccc1)N1C=NCC1. The molecule has 2 heteroatoms. The lowest BCUT2D eigenvalue weighted by atomic mass is 10.1. The molecule has 2 nitrogen and oxygen atoms in total. The fourth-order valence-electron chi connectivity index (χ4n) is 1.61. The molecule has 1 unspecified atom stereocenters. The van der Waals surface area contributed by atoms with Gasteiger partial charge in [0.1, 0.15) is 0 Å². The zero-order valence-corrected chi connectivity index (χ0v) is 7.85. The Labute approximate surface area is 78.9 Å². The first-order valence-corrected chi connectivity index (χ1v) is 4.68.